The fraction of sp³-hybridized carbons (Fsp3) is 0.389. The summed E-state index contributed by atoms with van der Waals surface area (Å²) in [4.78, 5) is 0. The van der Waals surface area contributed by atoms with Crippen LogP contribution < -0.4 is 10.7 Å². The molecule has 0 saturated heterocycles. The highest BCUT2D eigenvalue weighted by Crippen LogP contribution is 2.25. The first-order valence-corrected chi connectivity index (χ1v) is 7.88. The van der Waals surface area contributed by atoms with E-state index < -0.39 is 0 Å². The summed E-state index contributed by atoms with van der Waals surface area (Å²) in [7, 11) is 0. The number of nitrogens with zero attached hydrogens (tertiary/aromatic N) is 1. The van der Waals surface area contributed by atoms with Crippen LogP contribution in [0.4, 0.5) is 5.69 Å². The SMILES string of the molecule is C=C1C=CC(c2ccc(NC3CCC(O)CC3)c(C)c2)=NN1. The Labute approximate surface area is 131 Å². The van der Waals surface area contributed by atoms with Crippen molar-refractivity contribution in [1.29, 1.82) is 0 Å². The summed E-state index contributed by atoms with van der Waals surface area (Å²) in [6.45, 7) is 5.93. The van der Waals surface area contributed by atoms with Gasteiger partial charge in [0.15, 0.2) is 0 Å². The van der Waals surface area contributed by atoms with Crippen molar-refractivity contribution in [3.63, 3.8) is 0 Å². The van der Waals surface area contributed by atoms with Crippen LogP contribution in [0.15, 0.2) is 47.7 Å². The lowest BCUT2D eigenvalue weighted by Crippen LogP contribution is -2.28. The third kappa shape index (κ3) is 3.39. The number of rotatable bonds is 3. The number of aliphatic hydroxyl groups is 1. The molecule has 22 heavy (non-hydrogen) atoms. The average molecular weight is 297 g/mol. The van der Waals surface area contributed by atoms with Crippen LogP contribution in [0.3, 0.4) is 0 Å². The van der Waals surface area contributed by atoms with Gasteiger partial charge in [-0.2, -0.15) is 5.10 Å². The number of allylic oxidation sites excluding steroid dienone is 2. The Morgan fingerprint density at radius 1 is 1.23 bits per heavy atom. The quantitative estimate of drug-likeness (QED) is 0.803. The lowest BCUT2D eigenvalue weighted by molar-refractivity contribution is 0.126. The molecule has 0 atom stereocenters. The summed E-state index contributed by atoms with van der Waals surface area (Å²) in [6, 6.07) is 6.82. The van der Waals surface area contributed by atoms with Gasteiger partial charge in [0, 0.05) is 23.0 Å². The van der Waals surface area contributed by atoms with Crippen molar-refractivity contribution in [2.75, 3.05) is 5.32 Å². The highest BCUT2D eigenvalue weighted by Gasteiger charge is 2.19. The Kier molecular flexibility index (Phi) is 4.29. The van der Waals surface area contributed by atoms with Gasteiger partial charge < -0.3 is 10.4 Å². The summed E-state index contributed by atoms with van der Waals surface area (Å²) >= 11 is 0. The van der Waals surface area contributed by atoms with E-state index in [2.05, 4.69) is 47.5 Å². The highest BCUT2D eigenvalue weighted by molar-refractivity contribution is 6.09. The molecule has 1 aliphatic carbocycles. The molecule has 3 N–H and O–H groups in total. The smallest absolute Gasteiger partial charge is 0.0906 e. The standard InChI is InChI=1S/C18H23N3O/c1-12-11-14(18-9-3-13(2)20-21-18)4-10-17(12)19-15-5-7-16(22)8-6-15/h3-4,9-11,15-16,19-20,22H,2,5-8H2,1H3. The number of aryl methyl sites for hydroxylation is 1. The van der Waals surface area contributed by atoms with Gasteiger partial charge in [0.2, 0.25) is 0 Å². The molecule has 1 heterocycles. The molecule has 4 nitrogen and oxygen atoms in total. The van der Waals surface area contributed by atoms with Crippen molar-refractivity contribution in [3.8, 4) is 0 Å². The third-order valence-corrected chi connectivity index (χ3v) is 4.34. The highest BCUT2D eigenvalue weighted by atomic mass is 16.3. The molecule has 1 aliphatic heterocycles. The molecular formula is C18H23N3O. The number of nitrogens with one attached hydrogen (secondary N) is 2. The number of hydrogen-bond donors (Lipinski definition) is 3. The van der Waals surface area contributed by atoms with E-state index in [9.17, 15) is 5.11 Å². The summed E-state index contributed by atoms with van der Waals surface area (Å²) in [5, 5.41) is 17.5. The molecule has 3 rings (SSSR count). The van der Waals surface area contributed by atoms with Gasteiger partial charge in [0.05, 0.1) is 11.8 Å². The monoisotopic (exact) mass is 297 g/mol. The first-order chi connectivity index (χ1) is 10.6. The van der Waals surface area contributed by atoms with Gasteiger partial charge in [0.1, 0.15) is 0 Å². The zero-order valence-electron chi connectivity index (χ0n) is 13.0. The van der Waals surface area contributed by atoms with Crippen LogP contribution >= 0.6 is 0 Å². The number of aliphatic hydroxyl groups excluding tert-OH is 1. The van der Waals surface area contributed by atoms with E-state index in [-0.39, 0.29) is 6.10 Å². The second kappa shape index (κ2) is 6.36. The predicted molar refractivity (Wildman–Crippen MR) is 91.0 cm³/mol. The van der Waals surface area contributed by atoms with Crippen molar-refractivity contribution in [3.05, 3.63) is 53.8 Å². The molecule has 0 unspecified atom stereocenters. The van der Waals surface area contributed by atoms with Crippen molar-refractivity contribution in [2.24, 2.45) is 5.10 Å². The van der Waals surface area contributed by atoms with Crippen molar-refractivity contribution in [1.82, 2.24) is 5.43 Å². The first-order valence-electron chi connectivity index (χ1n) is 7.88. The summed E-state index contributed by atoms with van der Waals surface area (Å²) in [6.07, 6.45) is 7.64. The van der Waals surface area contributed by atoms with Gasteiger partial charge in [-0.25, -0.2) is 0 Å². The van der Waals surface area contributed by atoms with Gasteiger partial charge in [-0.15, -0.1) is 0 Å². The maximum absolute atomic E-state index is 9.59. The van der Waals surface area contributed by atoms with E-state index in [1.807, 2.05) is 12.2 Å². The van der Waals surface area contributed by atoms with Crippen LogP contribution in [0, 0.1) is 6.92 Å². The van der Waals surface area contributed by atoms with Gasteiger partial charge in [-0.1, -0.05) is 12.6 Å². The topological polar surface area (TPSA) is 56.6 Å². The van der Waals surface area contributed by atoms with Crippen molar-refractivity contribution in [2.45, 2.75) is 44.8 Å². The molecular weight excluding hydrogens is 274 g/mol. The lowest BCUT2D eigenvalue weighted by atomic mass is 9.92. The van der Waals surface area contributed by atoms with E-state index >= 15 is 0 Å². The van der Waals surface area contributed by atoms with Crippen LogP contribution in [0.1, 0.15) is 36.8 Å². The van der Waals surface area contributed by atoms with Crippen molar-refractivity contribution >= 4 is 11.4 Å². The zero-order chi connectivity index (χ0) is 15.5. The molecule has 4 heteroatoms. The normalized spacial score (nSPS) is 24.6. The van der Waals surface area contributed by atoms with Gasteiger partial charge in [-0.3, -0.25) is 5.43 Å². The maximum Gasteiger partial charge on any atom is 0.0906 e. The molecule has 1 fully saturated rings. The van der Waals surface area contributed by atoms with E-state index in [1.165, 1.54) is 11.3 Å². The molecule has 0 spiro atoms. The number of anilines is 1. The Morgan fingerprint density at radius 2 is 2.00 bits per heavy atom. The molecule has 2 aliphatic rings. The molecule has 0 bridgehead atoms. The maximum atomic E-state index is 9.59. The fourth-order valence-corrected chi connectivity index (χ4v) is 2.97. The minimum atomic E-state index is -0.111. The number of hydrazone groups is 1. The summed E-state index contributed by atoms with van der Waals surface area (Å²) in [5.41, 5.74) is 8.10. The summed E-state index contributed by atoms with van der Waals surface area (Å²) < 4.78 is 0. The fourth-order valence-electron chi connectivity index (χ4n) is 2.97. The largest absolute Gasteiger partial charge is 0.393 e. The minimum Gasteiger partial charge on any atom is -0.393 e. The molecule has 1 saturated carbocycles. The third-order valence-electron chi connectivity index (χ3n) is 4.34. The molecule has 1 aromatic rings. The molecule has 116 valence electrons. The Morgan fingerprint density at radius 3 is 2.64 bits per heavy atom. The van der Waals surface area contributed by atoms with Crippen LogP contribution in [0.5, 0.6) is 0 Å². The molecule has 0 aromatic heterocycles. The van der Waals surface area contributed by atoms with Gasteiger partial charge in [0.25, 0.3) is 0 Å². The van der Waals surface area contributed by atoms with Crippen LogP contribution in [-0.4, -0.2) is 23.0 Å². The molecule has 0 radical (unpaired) electrons. The predicted octanol–water partition coefficient (Wildman–Crippen LogP) is 3.09. The minimum absolute atomic E-state index is 0.111. The Balaban J connectivity index is 1.70. The first kappa shape index (κ1) is 14.9. The van der Waals surface area contributed by atoms with E-state index in [0.29, 0.717) is 6.04 Å². The average Bonchev–Trinajstić information content (AvgIpc) is 2.52. The van der Waals surface area contributed by atoms with Crippen LogP contribution in [0.25, 0.3) is 0 Å². The van der Waals surface area contributed by atoms with Crippen molar-refractivity contribution < 1.29 is 5.11 Å². The van der Waals surface area contributed by atoms with Crippen LogP contribution in [0.2, 0.25) is 0 Å². The van der Waals surface area contributed by atoms with Gasteiger partial charge in [-0.05, 0) is 62.5 Å². The molecule has 1 aromatic carbocycles. The Bertz CT molecular complexity index is 625. The zero-order valence-corrected chi connectivity index (χ0v) is 13.0. The summed E-state index contributed by atoms with van der Waals surface area (Å²) in [5.74, 6) is 0. The van der Waals surface area contributed by atoms with E-state index in [4.69, 9.17) is 0 Å². The van der Waals surface area contributed by atoms with Crippen LogP contribution in [-0.2, 0) is 0 Å². The Hall–Kier alpha value is -2.07. The van der Waals surface area contributed by atoms with E-state index in [1.54, 1.807) is 0 Å². The number of benzene rings is 1. The van der Waals surface area contributed by atoms with Gasteiger partial charge >= 0.3 is 0 Å². The van der Waals surface area contributed by atoms with E-state index in [0.717, 1.165) is 42.7 Å². The second-order valence-electron chi connectivity index (χ2n) is 6.15. The second-order valence-corrected chi connectivity index (χ2v) is 6.15. The molecule has 0 amide bonds. The lowest BCUT2D eigenvalue weighted by Gasteiger charge is -2.27. The number of hydrogen-bond acceptors (Lipinski definition) is 4.